The number of carbonyl (C=O) groups is 1. The van der Waals surface area contributed by atoms with Crippen LogP contribution in [0, 0.1) is 0 Å². The topological polar surface area (TPSA) is 94.9 Å². The first-order valence-electron chi connectivity index (χ1n) is 5.83. The number of aliphatic hydroxyl groups is 1. The van der Waals surface area contributed by atoms with E-state index in [9.17, 15) is 13.2 Å². The van der Waals surface area contributed by atoms with E-state index in [-0.39, 0.29) is 23.8 Å². The van der Waals surface area contributed by atoms with Gasteiger partial charge in [0, 0.05) is 18.0 Å². The second-order valence-electron chi connectivity index (χ2n) is 3.92. The van der Waals surface area contributed by atoms with Gasteiger partial charge in [-0.3, -0.25) is 4.79 Å². The summed E-state index contributed by atoms with van der Waals surface area (Å²) < 4.78 is 25.9. The molecule has 0 aromatic carbocycles. The molecule has 0 spiro atoms. The van der Waals surface area contributed by atoms with Crippen molar-refractivity contribution < 1.29 is 23.4 Å². The number of carboxylic acid groups (broad SMARTS) is 1. The zero-order valence-corrected chi connectivity index (χ0v) is 12.2. The molecule has 0 bridgehead atoms. The van der Waals surface area contributed by atoms with Crippen molar-refractivity contribution in [3.8, 4) is 0 Å². The molecular formula is C11H17NO5S2. The third-order valence-electron chi connectivity index (χ3n) is 2.38. The van der Waals surface area contributed by atoms with Crippen molar-refractivity contribution in [2.75, 3.05) is 19.7 Å². The van der Waals surface area contributed by atoms with Gasteiger partial charge in [-0.15, -0.1) is 11.3 Å². The standard InChI is InChI=1S/C11H17NO5S2/c1-2-5-12(6-7-13)19(16,17)11-4-3-9(18-11)8-10(14)15/h3-4,13H,2,5-8H2,1H3,(H,14,15). The molecule has 0 atom stereocenters. The number of carboxylic acids is 1. The lowest BCUT2D eigenvalue weighted by molar-refractivity contribution is -0.136. The maximum atomic E-state index is 12.3. The summed E-state index contributed by atoms with van der Waals surface area (Å²) in [4.78, 5) is 11.1. The number of hydrogen-bond acceptors (Lipinski definition) is 5. The average molecular weight is 307 g/mol. The summed E-state index contributed by atoms with van der Waals surface area (Å²) in [5.74, 6) is -0.994. The smallest absolute Gasteiger partial charge is 0.308 e. The summed E-state index contributed by atoms with van der Waals surface area (Å²) in [5, 5.41) is 17.6. The molecule has 0 aliphatic rings. The fraction of sp³-hybridized carbons (Fsp3) is 0.545. The maximum absolute atomic E-state index is 12.3. The van der Waals surface area contributed by atoms with Crippen molar-refractivity contribution in [1.29, 1.82) is 0 Å². The van der Waals surface area contributed by atoms with Gasteiger partial charge in [0.05, 0.1) is 13.0 Å². The Bertz CT molecular complexity index is 517. The van der Waals surface area contributed by atoms with Crippen molar-refractivity contribution in [1.82, 2.24) is 4.31 Å². The molecule has 0 radical (unpaired) electrons. The Labute approximate surface area is 116 Å². The molecule has 0 aliphatic carbocycles. The number of aliphatic carboxylic acids is 1. The van der Waals surface area contributed by atoms with Crippen LogP contribution in [0.25, 0.3) is 0 Å². The van der Waals surface area contributed by atoms with Crippen LogP contribution in [0.2, 0.25) is 0 Å². The first-order chi connectivity index (χ1) is 8.91. The third-order valence-corrected chi connectivity index (χ3v) is 5.83. The number of aliphatic hydroxyl groups excluding tert-OH is 1. The van der Waals surface area contributed by atoms with Gasteiger partial charge < -0.3 is 10.2 Å². The zero-order valence-electron chi connectivity index (χ0n) is 10.6. The number of hydrogen-bond donors (Lipinski definition) is 2. The van der Waals surface area contributed by atoms with E-state index in [1.54, 1.807) is 0 Å². The van der Waals surface area contributed by atoms with Gasteiger partial charge in [-0.25, -0.2) is 8.42 Å². The van der Waals surface area contributed by atoms with E-state index in [4.69, 9.17) is 10.2 Å². The summed E-state index contributed by atoms with van der Waals surface area (Å²) in [6, 6.07) is 2.92. The van der Waals surface area contributed by atoms with Crippen molar-refractivity contribution in [3.63, 3.8) is 0 Å². The Kier molecular flexibility index (Phi) is 5.92. The Morgan fingerprint density at radius 3 is 2.58 bits per heavy atom. The molecule has 19 heavy (non-hydrogen) atoms. The van der Waals surface area contributed by atoms with E-state index < -0.39 is 16.0 Å². The highest BCUT2D eigenvalue weighted by molar-refractivity contribution is 7.91. The van der Waals surface area contributed by atoms with Crippen LogP contribution in [0.15, 0.2) is 16.3 Å². The van der Waals surface area contributed by atoms with Gasteiger partial charge in [-0.1, -0.05) is 6.92 Å². The SMILES string of the molecule is CCCN(CCO)S(=O)(=O)c1ccc(CC(=O)O)s1. The van der Waals surface area contributed by atoms with Crippen molar-refractivity contribution in [2.45, 2.75) is 24.0 Å². The predicted molar refractivity (Wildman–Crippen MR) is 71.8 cm³/mol. The molecule has 0 unspecified atom stereocenters. The molecule has 1 rings (SSSR count). The van der Waals surface area contributed by atoms with E-state index >= 15 is 0 Å². The molecule has 6 nitrogen and oxygen atoms in total. The summed E-state index contributed by atoms with van der Waals surface area (Å²) >= 11 is 0.956. The summed E-state index contributed by atoms with van der Waals surface area (Å²) in [7, 11) is -3.64. The largest absolute Gasteiger partial charge is 0.481 e. The van der Waals surface area contributed by atoms with Crippen LogP contribution in [-0.2, 0) is 21.2 Å². The molecular weight excluding hydrogens is 290 g/mol. The monoisotopic (exact) mass is 307 g/mol. The number of rotatable bonds is 8. The van der Waals surface area contributed by atoms with E-state index in [1.165, 1.54) is 16.4 Å². The maximum Gasteiger partial charge on any atom is 0.308 e. The molecule has 1 aromatic heterocycles. The lowest BCUT2D eigenvalue weighted by atomic mass is 10.3. The minimum Gasteiger partial charge on any atom is -0.481 e. The van der Waals surface area contributed by atoms with Gasteiger partial charge >= 0.3 is 5.97 Å². The molecule has 1 aromatic rings. The lowest BCUT2D eigenvalue weighted by Gasteiger charge is -2.19. The minimum atomic E-state index is -3.64. The van der Waals surface area contributed by atoms with Crippen LogP contribution < -0.4 is 0 Å². The summed E-state index contributed by atoms with van der Waals surface area (Å²) in [6.45, 7) is 1.98. The van der Waals surface area contributed by atoms with Crippen LogP contribution in [-0.4, -0.2) is 48.6 Å². The zero-order chi connectivity index (χ0) is 14.5. The van der Waals surface area contributed by atoms with Crippen molar-refractivity contribution in [3.05, 3.63) is 17.0 Å². The first-order valence-corrected chi connectivity index (χ1v) is 8.09. The third kappa shape index (κ3) is 4.27. The molecule has 2 N–H and O–H groups in total. The second-order valence-corrected chi connectivity index (χ2v) is 7.25. The van der Waals surface area contributed by atoms with Gasteiger partial charge in [0.15, 0.2) is 0 Å². The molecule has 0 saturated heterocycles. The minimum absolute atomic E-state index is 0.0440. The van der Waals surface area contributed by atoms with E-state index in [1.807, 2.05) is 6.92 Å². The number of nitrogens with zero attached hydrogens (tertiary/aromatic N) is 1. The molecule has 0 saturated carbocycles. The van der Waals surface area contributed by atoms with Crippen molar-refractivity contribution >= 4 is 27.3 Å². The number of sulfonamides is 1. The average Bonchev–Trinajstić information content (AvgIpc) is 2.77. The Hall–Kier alpha value is -0.960. The Balaban J connectivity index is 2.97. The van der Waals surface area contributed by atoms with E-state index in [0.717, 1.165) is 11.3 Å². The molecule has 8 heteroatoms. The fourth-order valence-corrected chi connectivity index (χ4v) is 4.61. The van der Waals surface area contributed by atoms with Crippen LogP contribution >= 0.6 is 11.3 Å². The van der Waals surface area contributed by atoms with E-state index in [0.29, 0.717) is 17.8 Å². The lowest BCUT2D eigenvalue weighted by Crippen LogP contribution is -2.33. The molecule has 0 amide bonds. The van der Waals surface area contributed by atoms with Gasteiger partial charge in [0.25, 0.3) is 10.0 Å². The quantitative estimate of drug-likeness (QED) is 0.739. The fourth-order valence-electron chi connectivity index (χ4n) is 1.58. The highest BCUT2D eigenvalue weighted by Crippen LogP contribution is 2.25. The highest BCUT2D eigenvalue weighted by Gasteiger charge is 2.25. The molecule has 108 valence electrons. The Morgan fingerprint density at radius 1 is 1.37 bits per heavy atom. The molecule has 0 fully saturated rings. The van der Waals surface area contributed by atoms with Crippen LogP contribution in [0.1, 0.15) is 18.2 Å². The van der Waals surface area contributed by atoms with Crippen LogP contribution in [0.3, 0.4) is 0 Å². The number of thiophene rings is 1. The summed E-state index contributed by atoms with van der Waals surface area (Å²) in [5.41, 5.74) is 0. The normalized spacial score (nSPS) is 11.9. The van der Waals surface area contributed by atoms with Gasteiger partial charge in [0.2, 0.25) is 0 Å². The summed E-state index contributed by atoms with van der Waals surface area (Å²) in [6.07, 6.45) is 0.459. The molecule has 1 heterocycles. The van der Waals surface area contributed by atoms with Gasteiger partial charge in [-0.2, -0.15) is 4.31 Å². The van der Waals surface area contributed by atoms with Crippen molar-refractivity contribution in [2.24, 2.45) is 0 Å². The van der Waals surface area contributed by atoms with Gasteiger partial charge in [0.1, 0.15) is 4.21 Å². The van der Waals surface area contributed by atoms with E-state index in [2.05, 4.69) is 0 Å². The van der Waals surface area contributed by atoms with Gasteiger partial charge in [-0.05, 0) is 18.6 Å². The van der Waals surface area contributed by atoms with Crippen LogP contribution in [0.4, 0.5) is 0 Å². The Morgan fingerprint density at radius 2 is 2.05 bits per heavy atom. The van der Waals surface area contributed by atoms with Crippen LogP contribution in [0.5, 0.6) is 0 Å². The predicted octanol–water partition coefficient (Wildman–Crippen LogP) is 0.768. The second kappa shape index (κ2) is 6.99. The highest BCUT2D eigenvalue weighted by atomic mass is 32.2. The molecule has 0 aliphatic heterocycles. The first kappa shape index (κ1) is 16.1.